The number of aryl methyl sites for hydroxylation is 6. The molecule has 0 spiro atoms. The minimum Gasteiger partial charge on any atom is -0.870 e. The molecule has 0 fully saturated rings. The zero-order valence-electron chi connectivity index (χ0n) is 60.5. The number of aromatic amines is 1. The number of carbonyl (C=O) groups excluding carboxylic acids is 6. The third kappa shape index (κ3) is 28.0. The van der Waals surface area contributed by atoms with Gasteiger partial charge < -0.3 is 60.0 Å². The van der Waals surface area contributed by atoms with Crippen molar-refractivity contribution in [1.29, 1.82) is 0 Å². The van der Waals surface area contributed by atoms with E-state index in [-0.39, 0.29) is 100 Å². The van der Waals surface area contributed by atoms with Crippen LogP contribution >= 0.6 is 34.2 Å². The second-order valence-corrected chi connectivity index (χ2v) is 21.1. The maximum Gasteiger partial charge on any atom is 1.00 e. The van der Waals surface area contributed by atoms with E-state index in [0.29, 0.717) is 65.2 Å². The van der Waals surface area contributed by atoms with E-state index in [1.54, 1.807) is 91.7 Å². The first-order chi connectivity index (χ1) is 48.6. The third-order valence-electron chi connectivity index (χ3n) is 13.8. The van der Waals surface area contributed by atoms with Crippen LogP contribution in [-0.4, -0.2) is 145 Å². The largest absolute Gasteiger partial charge is 1.00 e. The molecule has 1 unspecified atom stereocenters. The number of carboxylic acids is 2. The van der Waals surface area contributed by atoms with Crippen LogP contribution in [0.15, 0.2) is 214 Å². The predicted molar refractivity (Wildman–Crippen MR) is 394 cm³/mol. The number of nitrogens with two attached hydrogens (primary N) is 1. The minimum absolute atomic E-state index is 0. The van der Waals surface area contributed by atoms with Gasteiger partial charge in [0.05, 0.1) is 74.1 Å². The fraction of sp³-hybridized carbons (Fsp3) is 0.203. The van der Waals surface area contributed by atoms with Gasteiger partial charge in [0.15, 0.2) is 39.6 Å². The summed E-state index contributed by atoms with van der Waals surface area (Å²) in [5, 5.41) is 17.0. The Morgan fingerprint density at radius 2 is 0.819 bits per heavy atom. The Labute approximate surface area is 671 Å². The molecule has 0 aliphatic rings. The smallest absolute Gasteiger partial charge is 0.870 e. The number of carboxylic acid groups (broad SMARTS) is 2. The number of esters is 4. The van der Waals surface area contributed by atoms with Gasteiger partial charge in [0.1, 0.15) is 17.1 Å². The number of carbonyl (C=O) groups is 8. The molecule has 0 saturated heterocycles. The zero-order chi connectivity index (χ0) is 74.6. The molecule has 0 saturated carbocycles. The number of alkyl halides is 2. The van der Waals surface area contributed by atoms with Gasteiger partial charge in [-0.05, 0) is 25.7 Å². The van der Waals surface area contributed by atoms with Crippen molar-refractivity contribution in [2.75, 3.05) is 31.9 Å². The number of nitrogens with one attached hydrogen (secondary N) is 1. The van der Waals surface area contributed by atoms with Crippen molar-refractivity contribution in [3.63, 3.8) is 0 Å². The van der Waals surface area contributed by atoms with Gasteiger partial charge in [-0.1, -0.05) is 205 Å². The molecular weight excluding hydrogens is 1510 g/mol. The summed E-state index contributed by atoms with van der Waals surface area (Å²) in [5.41, 5.74) is 14.4. The molecule has 7 N–H and O–H groups in total. The van der Waals surface area contributed by atoms with E-state index in [1.807, 2.05) is 200 Å². The molecule has 31 heteroatoms. The van der Waals surface area contributed by atoms with E-state index < -0.39 is 29.1 Å². The van der Waals surface area contributed by atoms with Gasteiger partial charge in [-0.3, -0.25) is 9.59 Å². The van der Waals surface area contributed by atoms with Crippen molar-refractivity contribution in [2.24, 2.45) is 48.0 Å². The fourth-order valence-electron chi connectivity index (χ4n) is 9.58. The second kappa shape index (κ2) is 50.6. The van der Waals surface area contributed by atoms with Crippen LogP contribution in [0.5, 0.6) is 0 Å². The quantitative estimate of drug-likeness (QED) is 0.0117. The SMILES string of the molecule is CCOC(=O)c1[nH]cnc1-c1ccccc1.CCOC(=O)c1c(-c2ccccc2)[n+](C)cn1C.CCOC(=O)c1c(-c2ccccc2)ncn1C.CI.COC(=O)C(Cl)C(=O)c1ccccc1.Cn1c[n+](C)c(-c2ccccc2)c1C(=O)O.Cn1cnc(-c2ccccc2)c1C(=O)O.NC=O.[Na+].[Na+].[OH-].[OH-]. The number of halogens is 2. The molecular formula is C74H83ClIN11Na2O16+2. The maximum absolute atomic E-state index is 12.0. The van der Waals surface area contributed by atoms with Crippen LogP contribution in [-0.2, 0) is 70.8 Å². The van der Waals surface area contributed by atoms with Crippen LogP contribution in [0.1, 0.15) is 83.6 Å². The number of hydrogen-bond donors (Lipinski definition) is 4. The topological polar surface area (TPSA) is 382 Å². The number of methoxy groups -OCH3 is 1. The molecule has 0 aliphatic heterocycles. The first-order valence-corrected chi connectivity index (χ1v) is 33.4. The van der Waals surface area contributed by atoms with Crippen molar-refractivity contribution in [3.8, 4) is 56.3 Å². The monoisotopic (exact) mass is 1590 g/mol. The summed E-state index contributed by atoms with van der Waals surface area (Å²) >= 11 is 7.74. The molecule has 6 aromatic carbocycles. The summed E-state index contributed by atoms with van der Waals surface area (Å²) in [4.78, 5) is 106. The van der Waals surface area contributed by atoms with Crippen molar-refractivity contribution in [1.82, 2.24) is 38.2 Å². The van der Waals surface area contributed by atoms with Crippen LogP contribution < -0.4 is 74.0 Å². The van der Waals surface area contributed by atoms with Gasteiger partial charge >= 0.3 is 94.9 Å². The Morgan fingerprint density at radius 1 is 0.505 bits per heavy atom. The molecule has 1 atom stereocenters. The molecule has 5 heterocycles. The van der Waals surface area contributed by atoms with Gasteiger partial charge in [0, 0.05) is 47.5 Å². The normalized spacial score (nSPS) is 9.76. The van der Waals surface area contributed by atoms with Gasteiger partial charge in [-0.15, -0.1) is 11.6 Å². The molecule has 5 aromatic heterocycles. The summed E-state index contributed by atoms with van der Waals surface area (Å²) in [6.45, 7) is 6.46. The van der Waals surface area contributed by atoms with Gasteiger partial charge in [0.25, 0.3) is 11.4 Å². The molecule has 27 nitrogen and oxygen atoms in total. The molecule has 1 amide bonds. The Balaban J connectivity index is 0.00000121. The molecule has 0 bridgehead atoms. The average Bonchev–Trinajstić information content (AvgIpc) is 1.68. The number of aromatic nitrogens is 10. The first-order valence-electron chi connectivity index (χ1n) is 30.9. The molecule has 105 heavy (non-hydrogen) atoms. The zero-order valence-corrected chi connectivity index (χ0v) is 67.4. The van der Waals surface area contributed by atoms with Crippen LogP contribution in [0.2, 0.25) is 0 Å². The number of rotatable bonds is 16. The standard InChI is InChI=1S/C14H17N2O2.C13H14N2O2.2C12H12N2O2.C11H10N2O2.C10H9ClO3.CH3I.CH3NO.2Na.2H2O/c1-4-18-14(17)13-12(15(2)10-16(13)3)11-8-6-5-7-9-11;1-3-17-13(16)12-11(14-9-15(12)2)10-7-5-4-6-8-10;1-13-8-14(2)11(12(15)16)10(13)9-6-4-3-5-7-9;1-2-16-12(15)11-10(13-8-14-11)9-6-4-3-5-7-9;1-13-7-12-9(10(13)11(14)15)8-5-3-2-4-6-8;1-14-10(13)8(11)9(12)7-5-3-2-4-6-7;1-2;2-1-3;;;;/h5-10H,4H2,1-3H3;4-9H,3H2,1-2H3;3-8H,1-2H3;3-8H,2H2,1H3,(H,13,14);2-7H,1H3,(H,14,15);2-6,8H,1H3;1H3;1H,(H2,2,3);;;2*1H2/q+1;;;;;;;;2*+1;;/p-1. The average molecular weight is 1590 g/mol. The summed E-state index contributed by atoms with van der Waals surface area (Å²) < 4.78 is 29.8. The van der Waals surface area contributed by atoms with Crippen molar-refractivity contribution in [2.45, 2.75) is 26.1 Å². The molecule has 11 aromatic rings. The van der Waals surface area contributed by atoms with Gasteiger partial charge in [-0.25, -0.2) is 62.0 Å². The number of amides is 1. The minimum atomic E-state index is -1.26. The summed E-state index contributed by atoms with van der Waals surface area (Å²) in [7, 11) is 12.0. The summed E-state index contributed by atoms with van der Waals surface area (Å²) in [6.07, 6.45) is 8.50. The van der Waals surface area contributed by atoms with E-state index in [9.17, 15) is 38.7 Å². The predicted octanol–water partition coefficient (Wildman–Crippen LogP) is 4.67. The van der Waals surface area contributed by atoms with E-state index in [4.69, 9.17) is 35.7 Å². The van der Waals surface area contributed by atoms with Gasteiger partial charge in [0.2, 0.25) is 19.1 Å². The Morgan fingerprint density at radius 3 is 1.19 bits per heavy atom. The molecule has 0 aliphatic carbocycles. The first kappa shape index (κ1) is 95.3. The number of imidazole rings is 5. The fourth-order valence-corrected chi connectivity index (χ4v) is 9.79. The van der Waals surface area contributed by atoms with Crippen LogP contribution in [0, 0.1) is 0 Å². The van der Waals surface area contributed by atoms with Crippen molar-refractivity contribution < 1.29 is 147 Å². The number of H-pyrrole nitrogens is 1. The number of primary amides is 1. The number of ketones is 1. The molecule has 0 radical (unpaired) electrons. The van der Waals surface area contributed by atoms with Crippen molar-refractivity contribution >= 4 is 82.2 Å². The van der Waals surface area contributed by atoms with E-state index in [2.05, 4.69) is 53.0 Å². The van der Waals surface area contributed by atoms with E-state index >= 15 is 0 Å². The number of Topliss-reactive ketones (excluding diaryl/α,β-unsaturated/α-hetero) is 1. The number of nitrogens with zero attached hydrogens (tertiary/aromatic N) is 9. The Bertz CT molecular complexity index is 4430. The third-order valence-corrected chi connectivity index (χ3v) is 14.2. The van der Waals surface area contributed by atoms with E-state index in [1.165, 1.54) is 24.3 Å². The molecule has 544 valence electrons. The van der Waals surface area contributed by atoms with Crippen LogP contribution in [0.3, 0.4) is 0 Å². The summed E-state index contributed by atoms with van der Waals surface area (Å²) in [5.74, 6) is -4.07. The maximum atomic E-state index is 12.0. The number of ether oxygens (including phenoxy) is 4. The number of benzene rings is 6. The van der Waals surface area contributed by atoms with Crippen molar-refractivity contribution in [3.05, 3.63) is 248 Å². The second-order valence-electron chi connectivity index (χ2n) is 20.7. The van der Waals surface area contributed by atoms with Crippen LogP contribution in [0.4, 0.5) is 0 Å². The number of hydrogen-bond acceptors (Lipinski definition) is 17. The van der Waals surface area contributed by atoms with Gasteiger partial charge in [-0.2, -0.15) is 0 Å². The number of aromatic carboxylic acids is 2. The Kier molecular flexibility index (Phi) is 45.9. The van der Waals surface area contributed by atoms with Crippen LogP contribution in [0.25, 0.3) is 56.3 Å². The summed E-state index contributed by atoms with van der Waals surface area (Å²) in [6, 6.07) is 56.1. The molecule has 11 rings (SSSR count). The Hall–Kier alpha value is -9.73. The van der Waals surface area contributed by atoms with E-state index in [0.717, 1.165) is 39.2 Å².